The summed E-state index contributed by atoms with van der Waals surface area (Å²) in [6.45, 7) is 2.20. The van der Waals surface area contributed by atoms with Crippen LogP contribution in [0.4, 0.5) is 0 Å². The fraction of sp³-hybridized carbons (Fsp3) is 0.375. The van der Waals surface area contributed by atoms with Gasteiger partial charge in [0.25, 0.3) is 0 Å². The summed E-state index contributed by atoms with van der Waals surface area (Å²) in [5.41, 5.74) is 1.36. The van der Waals surface area contributed by atoms with Crippen LogP contribution in [0.15, 0.2) is 36.4 Å². The zero-order valence-electron chi connectivity index (χ0n) is 11.4. The number of hydrogen-bond donors (Lipinski definition) is 0. The molecule has 2 aromatic rings. The van der Waals surface area contributed by atoms with Crippen molar-refractivity contribution in [3.63, 3.8) is 0 Å². The third kappa shape index (κ3) is 4.08. The molecular weight excluding hydrogens is 320 g/mol. The maximum Gasteiger partial charge on any atom is 0.118 e. The van der Waals surface area contributed by atoms with Crippen LogP contribution in [0.25, 0.3) is 0 Å². The van der Waals surface area contributed by atoms with Gasteiger partial charge in [0.2, 0.25) is 0 Å². The normalized spacial score (nSPS) is 12.4. The molecule has 102 valence electrons. The van der Waals surface area contributed by atoms with Gasteiger partial charge in [-0.15, -0.1) is 11.3 Å². The van der Waals surface area contributed by atoms with Crippen LogP contribution >= 0.6 is 27.3 Å². The lowest BCUT2D eigenvalue weighted by atomic mass is 10.1. The summed E-state index contributed by atoms with van der Waals surface area (Å²) >= 11 is 5.72. The fourth-order valence-electron chi connectivity index (χ4n) is 1.98. The molecule has 2 rings (SSSR count). The monoisotopic (exact) mass is 338 g/mol. The minimum absolute atomic E-state index is 0.458. The van der Waals surface area contributed by atoms with E-state index in [1.165, 1.54) is 15.3 Å². The minimum Gasteiger partial charge on any atom is -0.497 e. The molecule has 0 saturated carbocycles. The number of ether oxygens (including phenoxy) is 1. The lowest BCUT2D eigenvalue weighted by Gasteiger charge is -2.08. The summed E-state index contributed by atoms with van der Waals surface area (Å²) in [6, 6.07) is 12.8. The lowest BCUT2D eigenvalue weighted by Crippen LogP contribution is -1.91. The number of rotatable bonds is 6. The Morgan fingerprint density at radius 1 is 1.16 bits per heavy atom. The largest absolute Gasteiger partial charge is 0.497 e. The van der Waals surface area contributed by atoms with Crippen LogP contribution in [0.3, 0.4) is 0 Å². The van der Waals surface area contributed by atoms with Gasteiger partial charge in [0.05, 0.1) is 7.11 Å². The summed E-state index contributed by atoms with van der Waals surface area (Å²) in [6.07, 6.45) is 3.33. The third-order valence-corrected chi connectivity index (χ3v) is 5.78. The van der Waals surface area contributed by atoms with Gasteiger partial charge in [0.15, 0.2) is 0 Å². The summed E-state index contributed by atoms with van der Waals surface area (Å²) in [5.74, 6) is 0.921. The smallest absolute Gasteiger partial charge is 0.118 e. The van der Waals surface area contributed by atoms with E-state index in [0.29, 0.717) is 4.83 Å². The number of hydrogen-bond acceptors (Lipinski definition) is 2. The van der Waals surface area contributed by atoms with E-state index >= 15 is 0 Å². The van der Waals surface area contributed by atoms with Crippen LogP contribution in [0, 0.1) is 0 Å². The standard InChI is InChI=1S/C16H19BrOS/c1-3-14-9-11-16(19-14)15(17)10-6-12-4-7-13(18-2)8-5-12/h4-5,7-9,11,15H,3,6,10H2,1-2H3. The van der Waals surface area contributed by atoms with Gasteiger partial charge in [-0.05, 0) is 49.1 Å². The number of halogens is 1. The van der Waals surface area contributed by atoms with Gasteiger partial charge < -0.3 is 4.74 Å². The van der Waals surface area contributed by atoms with Crippen molar-refractivity contribution in [3.8, 4) is 5.75 Å². The van der Waals surface area contributed by atoms with Crippen molar-refractivity contribution in [2.45, 2.75) is 31.0 Å². The summed E-state index contributed by atoms with van der Waals surface area (Å²) < 4.78 is 5.17. The molecule has 0 N–H and O–H groups in total. The van der Waals surface area contributed by atoms with Gasteiger partial charge in [-0.3, -0.25) is 0 Å². The first-order chi connectivity index (χ1) is 9.22. The molecule has 19 heavy (non-hydrogen) atoms. The van der Waals surface area contributed by atoms with Crippen LogP contribution in [-0.2, 0) is 12.8 Å². The van der Waals surface area contributed by atoms with Crippen molar-refractivity contribution in [1.29, 1.82) is 0 Å². The number of benzene rings is 1. The second-order valence-corrected chi connectivity index (χ2v) is 6.82. The minimum atomic E-state index is 0.458. The number of aryl methyl sites for hydroxylation is 2. The second kappa shape index (κ2) is 7.11. The molecule has 1 unspecified atom stereocenters. The number of alkyl halides is 1. The molecule has 1 nitrogen and oxygen atoms in total. The number of methoxy groups -OCH3 is 1. The van der Waals surface area contributed by atoms with E-state index < -0.39 is 0 Å². The Balaban J connectivity index is 1.90. The Morgan fingerprint density at radius 3 is 2.47 bits per heavy atom. The molecule has 0 fully saturated rings. The lowest BCUT2D eigenvalue weighted by molar-refractivity contribution is 0.414. The van der Waals surface area contributed by atoms with E-state index in [2.05, 4.69) is 47.1 Å². The Morgan fingerprint density at radius 2 is 1.89 bits per heavy atom. The first-order valence-corrected chi connectivity index (χ1v) is 8.31. The van der Waals surface area contributed by atoms with E-state index in [-0.39, 0.29) is 0 Å². The predicted octanol–water partition coefficient (Wildman–Crippen LogP) is 5.39. The van der Waals surface area contributed by atoms with Gasteiger partial charge >= 0.3 is 0 Å². The topological polar surface area (TPSA) is 9.23 Å². The van der Waals surface area contributed by atoms with E-state index in [1.807, 2.05) is 23.5 Å². The second-order valence-electron chi connectivity index (χ2n) is 4.51. The van der Waals surface area contributed by atoms with Gasteiger partial charge in [-0.2, -0.15) is 0 Å². The van der Waals surface area contributed by atoms with E-state index in [9.17, 15) is 0 Å². The fourth-order valence-corrected chi connectivity index (χ4v) is 3.61. The molecule has 1 aromatic heterocycles. The molecule has 0 saturated heterocycles. The van der Waals surface area contributed by atoms with Crippen molar-refractivity contribution in [3.05, 3.63) is 51.7 Å². The van der Waals surface area contributed by atoms with E-state index in [4.69, 9.17) is 4.74 Å². The molecule has 0 bridgehead atoms. The summed E-state index contributed by atoms with van der Waals surface area (Å²) in [4.78, 5) is 3.36. The van der Waals surface area contributed by atoms with Crippen molar-refractivity contribution < 1.29 is 4.74 Å². The molecule has 0 aliphatic carbocycles. The summed E-state index contributed by atoms with van der Waals surface area (Å²) in [7, 11) is 1.70. The first-order valence-electron chi connectivity index (χ1n) is 6.58. The average Bonchev–Trinajstić information content (AvgIpc) is 2.94. The van der Waals surface area contributed by atoms with Crippen LogP contribution in [0.2, 0.25) is 0 Å². The van der Waals surface area contributed by atoms with Gasteiger partial charge in [-0.25, -0.2) is 0 Å². The molecule has 1 atom stereocenters. The maximum atomic E-state index is 5.17. The molecule has 0 spiro atoms. The zero-order valence-corrected chi connectivity index (χ0v) is 13.8. The Kier molecular flexibility index (Phi) is 5.46. The van der Waals surface area contributed by atoms with Crippen molar-refractivity contribution in [2.75, 3.05) is 7.11 Å². The molecule has 3 heteroatoms. The quantitative estimate of drug-likeness (QED) is 0.641. The molecule has 1 aromatic carbocycles. The first kappa shape index (κ1) is 14.6. The highest BCUT2D eigenvalue weighted by Gasteiger charge is 2.10. The van der Waals surface area contributed by atoms with Crippen LogP contribution < -0.4 is 4.74 Å². The van der Waals surface area contributed by atoms with Gasteiger partial charge in [0, 0.05) is 14.6 Å². The number of thiophene rings is 1. The van der Waals surface area contributed by atoms with Gasteiger partial charge in [0.1, 0.15) is 5.75 Å². The van der Waals surface area contributed by atoms with Crippen molar-refractivity contribution in [1.82, 2.24) is 0 Å². The molecule has 0 aliphatic rings. The van der Waals surface area contributed by atoms with Crippen molar-refractivity contribution in [2.24, 2.45) is 0 Å². The van der Waals surface area contributed by atoms with Crippen LogP contribution in [0.1, 0.15) is 33.5 Å². The predicted molar refractivity (Wildman–Crippen MR) is 86.7 cm³/mol. The van der Waals surface area contributed by atoms with Crippen LogP contribution in [0.5, 0.6) is 5.75 Å². The Labute approximate surface area is 127 Å². The van der Waals surface area contributed by atoms with Crippen LogP contribution in [-0.4, -0.2) is 7.11 Å². The molecule has 1 heterocycles. The third-order valence-electron chi connectivity index (χ3n) is 3.19. The Hall–Kier alpha value is -0.800. The van der Waals surface area contributed by atoms with Crippen molar-refractivity contribution >= 4 is 27.3 Å². The maximum absolute atomic E-state index is 5.17. The highest BCUT2D eigenvalue weighted by Crippen LogP contribution is 2.33. The Bertz CT molecular complexity index is 504. The average molecular weight is 339 g/mol. The molecule has 0 radical (unpaired) electrons. The zero-order chi connectivity index (χ0) is 13.7. The van der Waals surface area contributed by atoms with Gasteiger partial charge in [-0.1, -0.05) is 35.0 Å². The van der Waals surface area contributed by atoms with E-state index in [0.717, 1.165) is 25.0 Å². The van der Waals surface area contributed by atoms with E-state index in [1.54, 1.807) is 7.11 Å². The molecular formula is C16H19BrOS. The molecule has 0 aliphatic heterocycles. The highest BCUT2D eigenvalue weighted by molar-refractivity contribution is 9.09. The summed E-state index contributed by atoms with van der Waals surface area (Å²) in [5, 5.41) is 0. The molecule has 0 amide bonds. The highest BCUT2D eigenvalue weighted by atomic mass is 79.9. The SMILES string of the molecule is CCc1ccc(C(Br)CCc2ccc(OC)cc2)s1.